The minimum atomic E-state index is -0.688. The third-order valence-electron chi connectivity index (χ3n) is 3.35. The molecule has 2 saturated heterocycles. The van der Waals surface area contributed by atoms with Crippen LogP contribution in [0.1, 0.15) is 32.6 Å². The van der Waals surface area contributed by atoms with Crippen LogP contribution < -0.4 is 0 Å². The Labute approximate surface area is 100 Å². The predicted molar refractivity (Wildman–Crippen MR) is 58.2 cm³/mol. The molecule has 0 spiro atoms. The molecule has 2 atom stereocenters. The van der Waals surface area contributed by atoms with Gasteiger partial charge in [0.05, 0.1) is 11.5 Å². The summed E-state index contributed by atoms with van der Waals surface area (Å²) in [4.78, 5) is 22.9. The van der Waals surface area contributed by atoms with Gasteiger partial charge in [0.2, 0.25) is 0 Å². The van der Waals surface area contributed by atoms with Crippen molar-refractivity contribution in [1.29, 1.82) is 0 Å². The van der Waals surface area contributed by atoms with Gasteiger partial charge in [-0.25, -0.2) is 0 Å². The fourth-order valence-corrected chi connectivity index (χ4v) is 2.04. The molecule has 2 fully saturated rings. The van der Waals surface area contributed by atoms with Crippen molar-refractivity contribution in [3.8, 4) is 0 Å². The Morgan fingerprint density at radius 2 is 2.41 bits per heavy atom. The molecule has 0 N–H and O–H groups in total. The molecule has 0 amide bonds. The van der Waals surface area contributed by atoms with Crippen LogP contribution >= 0.6 is 0 Å². The number of cyclic esters (lactones) is 1. The summed E-state index contributed by atoms with van der Waals surface area (Å²) in [6.45, 7) is 2.95. The zero-order valence-electron chi connectivity index (χ0n) is 10.1. The van der Waals surface area contributed by atoms with Gasteiger partial charge in [-0.1, -0.05) is 0 Å². The molecular weight excluding hydrogens is 224 g/mol. The van der Waals surface area contributed by atoms with Crippen molar-refractivity contribution in [3.63, 3.8) is 0 Å². The summed E-state index contributed by atoms with van der Waals surface area (Å²) in [7, 11) is 0. The third kappa shape index (κ3) is 2.97. The lowest BCUT2D eigenvalue weighted by Crippen LogP contribution is -2.40. The van der Waals surface area contributed by atoms with Gasteiger partial charge in [0, 0.05) is 13.0 Å². The molecule has 0 aliphatic carbocycles. The fourth-order valence-electron chi connectivity index (χ4n) is 2.04. The summed E-state index contributed by atoms with van der Waals surface area (Å²) in [5, 5.41) is 0. The van der Waals surface area contributed by atoms with Crippen molar-refractivity contribution in [3.05, 3.63) is 0 Å². The first-order valence-electron chi connectivity index (χ1n) is 6.05. The first-order valence-corrected chi connectivity index (χ1v) is 6.05. The molecule has 17 heavy (non-hydrogen) atoms. The highest BCUT2D eigenvalue weighted by Gasteiger charge is 2.40. The molecule has 5 nitrogen and oxygen atoms in total. The molecule has 2 rings (SSSR count). The first kappa shape index (κ1) is 12.4. The lowest BCUT2D eigenvalue weighted by molar-refractivity contribution is -0.172. The summed E-state index contributed by atoms with van der Waals surface area (Å²) in [6, 6.07) is 0. The van der Waals surface area contributed by atoms with Crippen LogP contribution in [0.15, 0.2) is 0 Å². The first-order chi connectivity index (χ1) is 8.10. The standard InChI is InChI=1S/C12H18O5/c1-12(5-4-10(13)17-8-12)11(14)16-7-9-3-2-6-15-9/h9H,2-8H2,1H3. The smallest absolute Gasteiger partial charge is 0.315 e. The van der Waals surface area contributed by atoms with E-state index in [9.17, 15) is 9.59 Å². The van der Waals surface area contributed by atoms with Gasteiger partial charge < -0.3 is 14.2 Å². The Hall–Kier alpha value is -1.10. The van der Waals surface area contributed by atoms with Crippen LogP contribution in [0.2, 0.25) is 0 Å². The Morgan fingerprint density at radius 1 is 1.59 bits per heavy atom. The van der Waals surface area contributed by atoms with Gasteiger partial charge in [0.25, 0.3) is 0 Å². The summed E-state index contributed by atoms with van der Waals surface area (Å²) < 4.78 is 15.5. The van der Waals surface area contributed by atoms with Crippen molar-refractivity contribution in [2.45, 2.75) is 38.7 Å². The SMILES string of the molecule is CC1(C(=O)OCC2CCCO2)CCC(=O)OC1. The minimum Gasteiger partial charge on any atom is -0.464 e. The van der Waals surface area contributed by atoms with Crippen molar-refractivity contribution < 1.29 is 23.8 Å². The molecule has 0 aromatic carbocycles. The van der Waals surface area contributed by atoms with E-state index in [2.05, 4.69) is 0 Å². The largest absolute Gasteiger partial charge is 0.464 e. The van der Waals surface area contributed by atoms with Crippen LogP contribution in [0.4, 0.5) is 0 Å². The summed E-state index contributed by atoms with van der Waals surface area (Å²) in [5.41, 5.74) is -0.688. The quantitative estimate of drug-likeness (QED) is 0.692. The molecule has 0 aromatic heterocycles. The molecule has 2 aliphatic heterocycles. The van der Waals surface area contributed by atoms with Crippen LogP contribution in [0, 0.1) is 5.41 Å². The maximum Gasteiger partial charge on any atom is 0.315 e. The molecule has 2 aliphatic rings. The number of hydrogen-bond donors (Lipinski definition) is 0. The molecule has 0 radical (unpaired) electrons. The van der Waals surface area contributed by atoms with E-state index in [1.54, 1.807) is 6.92 Å². The molecule has 2 heterocycles. The lowest BCUT2D eigenvalue weighted by atomic mass is 9.85. The third-order valence-corrected chi connectivity index (χ3v) is 3.35. The molecule has 0 saturated carbocycles. The summed E-state index contributed by atoms with van der Waals surface area (Å²) in [6.07, 6.45) is 2.78. The Balaban J connectivity index is 1.79. The zero-order valence-corrected chi connectivity index (χ0v) is 10.1. The van der Waals surface area contributed by atoms with Gasteiger partial charge in [-0.15, -0.1) is 0 Å². The average molecular weight is 242 g/mol. The van der Waals surface area contributed by atoms with E-state index in [1.807, 2.05) is 0 Å². The normalized spacial score (nSPS) is 33.2. The van der Waals surface area contributed by atoms with E-state index >= 15 is 0 Å². The Bertz CT molecular complexity index is 296. The highest BCUT2D eigenvalue weighted by molar-refractivity contribution is 5.80. The van der Waals surface area contributed by atoms with E-state index in [0.29, 0.717) is 13.0 Å². The zero-order chi connectivity index (χ0) is 12.3. The minimum absolute atomic E-state index is 0.0358. The average Bonchev–Trinajstić information content (AvgIpc) is 2.83. The van der Waals surface area contributed by atoms with Crippen LogP contribution in [0.5, 0.6) is 0 Å². The molecular formula is C12H18O5. The summed E-state index contributed by atoms with van der Waals surface area (Å²) >= 11 is 0. The monoisotopic (exact) mass is 242 g/mol. The van der Waals surface area contributed by atoms with Crippen molar-refractivity contribution in [1.82, 2.24) is 0 Å². The van der Waals surface area contributed by atoms with E-state index in [0.717, 1.165) is 19.4 Å². The van der Waals surface area contributed by atoms with Gasteiger partial charge in [-0.3, -0.25) is 9.59 Å². The maximum atomic E-state index is 11.9. The number of esters is 2. The van der Waals surface area contributed by atoms with Crippen LogP contribution in [0.3, 0.4) is 0 Å². The predicted octanol–water partition coefficient (Wildman–Crippen LogP) is 1.05. The van der Waals surface area contributed by atoms with Crippen LogP contribution in [0.25, 0.3) is 0 Å². The fraction of sp³-hybridized carbons (Fsp3) is 0.833. The topological polar surface area (TPSA) is 61.8 Å². The van der Waals surface area contributed by atoms with Gasteiger partial charge >= 0.3 is 11.9 Å². The van der Waals surface area contributed by atoms with Gasteiger partial charge in [-0.05, 0) is 26.2 Å². The van der Waals surface area contributed by atoms with E-state index in [4.69, 9.17) is 14.2 Å². The second kappa shape index (κ2) is 5.04. The van der Waals surface area contributed by atoms with E-state index in [-0.39, 0.29) is 31.1 Å². The van der Waals surface area contributed by atoms with Crippen molar-refractivity contribution in [2.75, 3.05) is 19.8 Å². The van der Waals surface area contributed by atoms with Crippen LogP contribution in [-0.2, 0) is 23.8 Å². The van der Waals surface area contributed by atoms with Gasteiger partial charge in [-0.2, -0.15) is 0 Å². The van der Waals surface area contributed by atoms with E-state index < -0.39 is 5.41 Å². The Morgan fingerprint density at radius 3 is 3.00 bits per heavy atom. The lowest BCUT2D eigenvalue weighted by Gasteiger charge is -2.30. The van der Waals surface area contributed by atoms with Crippen LogP contribution in [-0.4, -0.2) is 37.9 Å². The van der Waals surface area contributed by atoms with Crippen molar-refractivity contribution in [2.24, 2.45) is 5.41 Å². The highest BCUT2D eigenvalue weighted by Crippen LogP contribution is 2.30. The second-order valence-electron chi connectivity index (χ2n) is 4.95. The number of rotatable bonds is 3. The highest BCUT2D eigenvalue weighted by atomic mass is 16.6. The van der Waals surface area contributed by atoms with E-state index in [1.165, 1.54) is 0 Å². The molecule has 0 bridgehead atoms. The summed E-state index contributed by atoms with van der Waals surface area (Å²) in [5.74, 6) is -0.532. The van der Waals surface area contributed by atoms with Crippen molar-refractivity contribution >= 4 is 11.9 Å². The maximum absolute atomic E-state index is 11.9. The van der Waals surface area contributed by atoms with Gasteiger partial charge in [0.15, 0.2) is 0 Å². The van der Waals surface area contributed by atoms with Gasteiger partial charge in [0.1, 0.15) is 13.2 Å². The molecule has 96 valence electrons. The number of carbonyl (C=O) groups is 2. The molecule has 2 unspecified atom stereocenters. The number of ether oxygens (including phenoxy) is 3. The number of hydrogen-bond acceptors (Lipinski definition) is 5. The molecule has 5 heteroatoms. The number of carbonyl (C=O) groups excluding carboxylic acids is 2. The molecule has 0 aromatic rings. The second-order valence-corrected chi connectivity index (χ2v) is 4.95. The Kier molecular flexibility index (Phi) is 3.66.